The van der Waals surface area contributed by atoms with Gasteiger partial charge in [0.15, 0.2) is 11.0 Å². The SMILES string of the molecule is CCN1/C(=C\C=C\c2n(CC)c3cc(Cl)c(Cl)cc3[n+]2CCC(C)S(=O)(=O)[O-])N(CCC(C)S(=O)(=O)O)c2cc(Cl)c(Cl)cc21.[Na+]. The van der Waals surface area contributed by atoms with E-state index in [2.05, 4.69) is 0 Å². The molecule has 4 rings (SSSR count). The first-order valence-electron chi connectivity index (χ1n) is 14.2. The summed E-state index contributed by atoms with van der Waals surface area (Å²) in [7, 11) is -8.71. The first kappa shape index (κ1) is 39.4. The molecule has 17 heteroatoms. The standard InChI is InChI=1S/C29H34Cl4N4O6S2.Na/c1-5-34-24-14-20(30)22(32)16-26(24)36(12-10-18(3)44(38,39)40)28(34)8-7-9-29-35(6-2)25-15-21(31)23(33)17-27(25)37(29)13-11-19(4)45(41,42)43;/h7-9,14-19H,5-6,10-13H2,1-4H3,(H-,38,39,40,41,42,43);/q;+1. The molecule has 46 heavy (non-hydrogen) atoms. The van der Waals surface area contributed by atoms with E-state index in [0.29, 0.717) is 33.2 Å². The van der Waals surface area contributed by atoms with Crippen LogP contribution in [0.3, 0.4) is 0 Å². The van der Waals surface area contributed by atoms with E-state index in [9.17, 15) is 25.9 Å². The molecule has 246 valence electrons. The molecule has 2 aromatic carbocycles. The summed E-state index contributed by atoms with van der Waals surface area (Å²) in [6.07, 6.45) is 5.80. The van der Waals surface area contributed by atoms with Gasteiger partial charge in [-0.15, -0.1) is 0 Å². The Morgan fingerprint density at radius 1 is 0.870 bits per heavy atom. The second-order valence-corrected chi connectivity index (χ2v) is 16.0. The number of allylic oxidation sites excluding steroid dienone is 2. The topological polar surface area (TPSA) is 127 Å². The van der Waals surface area contributed by atoms with E-state index in [4.69, 9.17) is 46.4 Å². The van der Waals surface area contributed by atoms with Gasteiger partial charge >= 0.3 is 29.6 Å². The van der Waals surface area contributed by atoms with Gasteiger partial charge in [-0.05, 0) is 52.3 Å². The monoisotopic (exact) mass is 761 g/mol. The van der Waals surface area contributed by atoms with Crippen LogP contribution in [0.25, 0.3) is 17.1 Å². The van der Waals surface area contributed by atoms with Crippen LogP contribution in [0.15, 0.2) is 42.2 Å². The van der Waals surface area contributed by atoms with Crippen LogP contribution in [-0.2, 0) is 33.3 Å². The zero-order chi connectivity index (χ0) is 33.4. The van der Waals surface area contributed by atoms with Crippen molar-refractivity contribution in [2.45, 2.75) is 64.1 Å². The largest absolute Gasteiger partial charge is 1.00 e. The molecule has 2 heterocycles. The van der Waals surface area contributed by atoms with Crippen molar-refractivity contribution in [3.8, 4) is 0 Å². The van der Waals surface area contributed by atoms with Crippen molar-refractivity contribution in [3.63, 3.8) is 0 Å². The second kappa shape index (κ2) is 15.7. The van der Waals surface area contributed by atoms with Crippen LogP contribution in [0, 0.1) is 0 Å². The maximum Gasteiger partial charge on any atom is 1.00 e. The first-order chi connectivity index (χ1) is 21.0. The average molecular weight is 764 g/mol. The molecule has 0 aliphatic carbocycles. The Morgan fingerprint density at radius 2 is 1.43 bits per heavy atom. The van der Waals surface area contributed by atoms with Gasteiger partial charge < -0.3 is 14.4 Å². The first-order valence-corrected chi connectivity index (χ1v) is 18.7. The van der Waals surface area contributed by atoms with E-state index >= 15 is 0 Å². The summed E-state index contributed by atoms with van der Waals surface area (Å²) in [6, 6.07) is 6.96. The summed E-state index contributed by atoms with van der Waals surface area (Å²) < 4.78 is 72.0. The summed E-state index contributed by atoms with van der Waals surface area (Å²) in [5.74, 6) is 1.45. The van der Waals surface area contributed by atoms with Crippen LogP contribution >= 0.6 is 46.4 Å². The second-order valence-electron chi connectivity index (χ2n) is 10.8. The van der Waals surface area contributed by atoms with Gasteiger partial charge in [0, 0.05) is 37.7 Å². The fourth-order valence-corrected chi connectivity index (χ4v) is 6.76. The molecule has 0 saturated carbocycles. The fraction of sp³-hybridized carbons (Fsp3) is 0.414. The summed E-state index contributed by atoms with van der Waals surface area (Å²) in [5, 5.41) is -0.671. The molecule has 1 N–H and O–H groups in total. The van der Waals surface area contributed by atoms with Gasteiger partial charge in [-0.1, -0.05) is 52.5 Å². The van der Waals surface area contributed by atoms with Gasteiger partial charge in [0.1, 0.15) is 5.82 Å². The average Bonchev–Trinajstić information content (AvgIpc) is 3.39. The molecule has 0 fully saturated rings. The smallest absolute Gasteiger partial charge is 0.748 e. The van der Waals surface area contributed by atoms with E-state index < -0.39 is 30.7 Å². The van der Waals surface area contributed by atoms with Crippen molar-refractivity contribution in [1.29, 1.82) is 0 Å². The minimum Gasteiger partial charge on any atom is -0.748 e. The zero-order valence-electron chi connectivity index (χ0n) is 26.0. The Balaban J connectivity index is 0.00000576. The molecule has 0 saturated heterocycles. The minimum atomic E-state index is -4.48. The number of hydrogen-bond donors (Lipinski definition) is 1. The van der Waals surface area contributed by atoms with Crippen LogP contribution in [-0.4, -0.2) is 54.1 Å². The maximum absolute atomic E-state index is 11.8. The minimum absolute atomic E-state index is 0. The number of anilines is 2. The van der Waals surface area contributed by atoms with E-state index in [1.807, 2.05) is 51.0 Å². The molecular formula is C29H34Cl4N4NaO6S2+. The number of rotatable bonds is 12. The molecule has 0 radical (unpaired) electrons. The number of imidazole rings is 1. The van der Waals surface area contributed by atoms with Crippen LogP contribution in [0.2, 0.25) is 20.1 Å². The molecule has 3 aromatic rings. The van der Waals surface area contributed by atoms with Gasteiger partial charge in [-0.3, -0.25) is 4.55 Å². The van der Waals surface area contributed by atoms with Crippen LogP contribution in [0.1, 0.15) is 46.4 Å². The van der Waals surface area contributed by atoms with Gasteiger partial charge in [-0.25, -0.2) is 17.6 Å². The predicted molar refractivity (Wildman–Crippen MR) is 181 cm³/mol. The van der Waals surface area contributed by atoms with E-state index in [-0.39, 0.29) is 55.5 Å². The Morgan fingerprint density at radius 3 is 1.98 bits per heavy atom. The van der Waals surface area contributed by atoms with Crippen molar-refractivity contribution >= 4 is 95.1 Å². The summed E-state index contributed by atoms with van der Waals surface area (Å²) in [4.78, 5) is 3.95. The third kappa shape index (κ3) is 8.39. The third-order valence-corrected chi connectivity index (χ3v) is 11.9. The van der Waals surface area contributed by atoms with Crippen molar-refractivity contribution in [1.82, 2.24) is 4.57 Å². The molecular weight excluding hydrogens is 729 g/mol. The third-order valence-electron chi connectivity index (χ3n) is 7.95. The van der Waals surface area contributed by atoms with Gasteiger partial charge in [0.2, 0.25) is 0 Å². The number of aryl methyl sites for hydroxylation is 2. The Bertz CT molecular complexity index is 1900. The maximum atomic E-state index is 11.8. The molecule has 0 amide bonds. The van der Waals surface area contributed by atoms with Crippen LogP contribution in [0.4, 0.5) is 11.4 Å². The molecule has 10 nitrogen and oxygen atoms in total. The summed E-state index contributed by atoms with van der Waals surface area (Å²) in [6.45, 7) is 8.36. The Labute approximate surface area is 312 Å². The number of benzene rings is 2. The van der Waals surface area contributed by atoms with Crippen LogP contribution in [0.5, 0.6) is 0 Å². The Kier molecular flexibility index (Phi) is 13.4. The van der Waals surface area contributed by atoms with E-state index in [1.165, 1.54) is 13.8 Å². The molecule has 1 aliphatic heterocycles. The summed E-state index contributed by atoms with van der Waals surface area (Å²) >= 11 is 25.5. The van der Waals surface area contributed by atoms with Gasteiger partial charge in [-0.2, -0.15) is 8.42 Å². The molecule has 0 spiro atoms. The molecule has 1 aliphatic rings. The van der Waals surface area contributed by atoms with Crippen LogP contribution < -0.4 is 43.9 Å². The number of hydrogen-bond acceptors (Lipinski definition) is 7. The van der Waals surface area contributed by atoms with Crippen molar-refractivity contribution in [3.05, 3.63) is 68.2 Å². The van der Waals surface area contributed by atoms with E-state index in [1.54, 1.807) is 24.3 Å². The summed E-state index contributed by atoms with van der Waals surface area (Å²) in [5.41, 5.74) is 3.04. The number of fused-ring (bicyclic) bond motifs is 2. The fourth-order valence-electron chi connectivity index (χ4n) is 5.33. The predicted octanol–water partition coefficient (Wildman–Crippen LogP) is 3.76. The molecule has 0 bridgehead atoms. The number of nitrogens with zero attached hydrogens (tertiary/aromatic N) is 4. The van der Waals surface area contributed by atoms with Gasteiger partial charge in [0.25, 0.3) is 15.9 Å². The van der Waals surface area contributed by atoms with Crippen molar-refractivity contribution in [2.75, 3.05) is 22.9 Å². The molecule has 1 aromatic heterocycles. The molecule has 2 unspecified atom stereocenters. The normalized spacial score (nSPS) is 16.0. The number of aromatic nitrogens is 2. The van der Waals surface area contributed by atoms with Crippen molar-refractivity contribution < 1.29 is 60.1 Å². The molecule has 2 atom stereocenters. The number of halogens is 4. The van der Waals surface area contributed by atoms with Crippen molar-refractivity contribution in [2.24, 2.45) is 0 Å². The zero-order valence-corrected chi connectivity index (χ0v) is 32.7. The quantitative estimate of drug-likeness (QED) is 0.168. The van der Waals surface area contributed by atoms with Gasteiger partial charge in [0.05, 0.1) is 65.2 Å². The Hall–Kier alpha value is -1.03. The van der Waals surface area contributed by atoms with E-state index in [0.717, 1.165) is 34.1 Å².